The van der Waals surface area contributed by atoms with Crippen LogP contribution in [0.25, 0.3) is 21.2 Å². The normalized spacial score (nSPS) is 10.8. The van der Waals surface area contributed by atoms with E-state index in [0.29, 0.717) is 5.75 Å². The predicted octanol–water partition coefficient (Wildman–Crippen LogP) is 4.27. The molecule has 16 heavy (non-hydrogen) atoms. The minimum atomic E-state index is 0.331. The van der Waals surface area contributed by atoms with Gasteiger partial charge in [-0.3, -0.25) is 0 Å². The monoisotopic (exact) mass is 226 g/mol. The highest BCUT2D eigenvalue weighted by Gasteiger charge is 2.04. The third-order valence-corrected chi connectivity index (χ3v) is 3.57. The largest absolute Gasteiger partial charge is 0.507 e. The molecule has 78 valence electrons. The molecule has 1 nitrogen and oxygen atoms in total. The first-order valence-corrected chi connectivity index (χ1v) is 5.98. The number of hydrogen-bond acceptors (Lipinski definition) is 2. The minimum Gasteiger partial charge on any atom is -0.507 e. The van der Waals surface area contributed by atoms with Crippen molar-refractivity contribution in [3.05, 3.63) is 53.9 Å². The van der Waals surface area contributed by atoms with Crippen LogP contribution < -0.4 is 0 Å². The zero-order valence-electron chi connectivity index (χ0n) is 8.55. The Morgan fingerprint density at radius 1 is 0.938 bits per heavy atom. The molecule has 0 bridgehead atoms. The van der Waals surface area contributed by atoms with Gasteiger partial charge in [-0.05, 0) is 40.6 Å². The van der Waals surface area contributed by atoms with Gasteiger partial charge in [0, 0.05) is 10.3 Å². The van der Waals surface area contributed by atoms with Gasteiger partial charge in [-0.15, -0.1) is 11.3 Å². The summed E-state index contributed by atoms with van der Waals surface area (Å²) in [6, 6.07) is 15.8. The summed E-state index contributed by atoms with van der Waals surface area (Å²) in [7, 11) is 0. The number of rotatable bonds is 1. The van der Waals surface area contributed by atoms with Crippen LogP contribution in [0.15, 0.2) is 53.9 Å². The van der Waals surface area contributed by atoms with Crippen LogP contribution in [0.5, 0.6) is 5.75 Å². The van der Waals surface area contributed by atoms with Crippen LogP contribution in [0.4, 0.5) is 0 Å². The molecule has 3 aromatic rings. The van der Waals surface area contributed by atoms with E-state index in [-0.39, 0.29) is 0 Å². The van der Waals surface area contributed by atoms with Crippen LogP contribution >= 0.6 is 11.3 Å². The van der Waals surface area contributed by atoms with E-state index in [9.17, 15) is 5.11 Å². The maximum absolute atomic E-state index is 9.79. The Kier molecular flexibility index (Phi) is 2.15. The van der Waals surface area contributed by atoms with Crippen molar-refractivity contribution >= 4 is 21.4 Å². The molecular formula is C14H10OS. The molecule has 0 spiro atoms. The molecule has 1 heterocycles. The summed E-state index contributed by atoms with van der Waals surface area (Å²) >= 11 is 1.73. The van der Waals surface area contributed by atoms with Crippen LogP contribution in [-0.2, 0) is 0 Å². The lowest BCUT2D eigenvalue weighted by atomic mass is 10.0. The van der Waals surface area contributed by atoms with E-state index in [1.54, 1.807) is 17.4 Å². The number of benzene rings is 2. The molecule has 1 aromatic heterocycles. The zero-order chi connectivity index (χ0) is 11.0. The lowest BCUT2D eigenvalue weighted by Gasteiger charge is -2.04. The van der Waals surface area contributed by atoms with E-state index in [1.165, 1.54) is 10.1 Å². The summed E-state index contributed by atoms with van der Waals surface area (Å²) < 4.78 is 1.28. The lowest BCUT2D eigenvalue weighted by molar-refractivity contribution is 0.477. The van der Waals surface area contributed by atoms with Gasteiger partial charge in [0.05, 0.1) is 0 Å². The highest BCUT2D eigenvalue weighted by molar-refractivity contribution is 7.17. The minimum absolute atomic E-state index is 0.331. The Bertz CT molecular complexity index is 640. The third kappa shape index (κ3) is 1.48. The molecule has 3 rings (SSSR count). The summed E-state index contributed by atoms with van der Waals surface area (Å²) in [4.78, 5) is 0. The molecule has 2 aromatic carbocycles. The fourth-order valence-corrected chi connectivity index (χ4v) is 2.62. The van der Waals surface area contributed by atoms with Gasteiger partial charge >= 0.3 is 0 Å². The van der Waals surface area contributed by atoms with Crippen LogP contribution in [0.1, 0.15) is 0 Å². The molecule has 0 saturated heterocycles. The van der Waals surface area contributed by atoms with Gasteiger partial charge in [-0.1, -0.05) is 24.3 Å². The molecule has 0 aliphatic heterocycles. The van der Waals surface area contributed by atoms with E-state index in [1.807, 2.05) is 24.3 Å². The van der Waals surface area contributed by atoms with E-state index in [0.717, 1.165) is 11.1 Å². The quantitative estimate of drug-likeness (QED) is 0.656. The second-order valence-corrected chi connectivity index (χ2v) is 4.64. The Balaban J connectivity index is 2.22. The van der Waals surface area contributed by atoms with Crippen molar-refractivity contribution in [2.75, 3.05) is 0 Å². The molecule has 0 saturated carbocycles. The Labute approximate surface area is 97.6 Å². The Morgan fingerprint density at radius 2 is 1.81 bits per heavy atom. The number of aromatic hydroxyl groups is 1. The van der Waals surface area contributed by atoms with E-state index in [2.05, 4.69) is 23.6 Å². The topological polar surface area (TPSA) is 20.2 Å². The lowest BCUT2D eigenvalue weighted by Crippen LogP contribution is -1.77. The van der Waals surface area contributed by atoms with Crippen molar-refractivity contribution < 1.29 is 5.11 Å². The average Bonchev–Trinajstić information content (AvgIpc) is 2.76. The number of fused-ring (bicyclic) bond motifs is 1. The van der Waals surface area contributed by atoms with Crippen molar-refractivity contribution in [1.29, 1.82) is 0 Å². The van der Waals surface area contributed by atoms with Gasteiger partial charge < -0.3 is 5.11 Å². The number of para-hydroxylation sites is 1. The molecule has 0 fully saturated rings. The molecule has 0 amide bonds. The standard InChI is InChI=1S/C14H10OS/c15-13-4-2-1-3-12(13)10-5-6-14-11(9-10)7-8-16-14/h1-9,15H. The van der Waals surface area contributed by atoms with Crippen LogP contribution in [-0.4, -0.2) is 5.11 Å². The van der Waals surface area contributed by atoms with E-state index >= 15 is 0 Å². The molecule has 0 aliphatic carbocycles. The maximum atomic E-state index is 9.79. The van der Waals surface area contributed by atoms with Gasteiger partial charge in [0.25, 0.3) is 0 Å². The summed E-state index contributed by atoms with van der Waals surface area (Å²) in [5.74, 6) is 0.331. The first-order valence-electron chi connectivity index (χ1n) is 5.10. The van der Waals surface area contributed by atoms with E-state index in [4.69, 9.17) is 0 Å². The van der Waals surface area contributed by atoms with Crippen molar-refractivity contribution in [3.63, 3.8) is 0 Å². The Morgan fingerprint density at radius 3 is 2.69 bits per heavy atom. The number of phenols is 1. The van der Waals surface area contributed by atoms with Crippen molar-refractivity contribution in [1.82, 2.24) is 0 Å². The zero-order valence-corrected chi connectivity index (χ0v) is 9.37. The summed E-state index contributed by atoms with van der Waals surface area (Å²) in [6.45, 7) is 0. The summed E-state index contributed by atoms with van der Waals surface area (Å²) in [5.41, 5.74) is 1.94. The molecule has 0 unspecified atom stereocenters. The third-order valence-electron chi connectivity index (χ3n) is 2.67. The van der Waals surface area contributed by atoms with Gasteiger partial charge in [0.2, 0.25) is 0 Å². The number of phenolic OH excluding ortho intramolecular Hbond substituents is 1. The molecule has 2 heteroatoms. The van der Waals surface area contributed by atoms with Crippen molar-refractivity contribution in [2.24, 2.45) is 0 Å². The summed E-state index contributed by atoms with van der Waals surface area (Å²) in [6.07, 6.45) is 0. The van der Waals surface area contributed by atoms with Gasteiger partial charge in [0.15, 0.2) is 0 Å². The fraction of sp³-hybridized carbons (Fsp3) is 0. The van der Waals surface area contributed by atoms with Gasteiger partial charge in [-0.25, -0.2) is 0 Å². The second kappa shape index (κ2) is 3.65. The summed E-state index contributed by atoms with van der Waals surface area (Å²) in [5, 5.41) is 13.1. The van der Waals surface area contributed by atoms with Gasteiger partial charge in [0.1, 0.15) is 5.75 Å². The smallest absolute Gasteiger partial charge is 0.123 e. The van der Waals surface area contributed by atoms with Crippen LogP contribution in [0, 0.1) is 0 Å². The molecule has 0 radical (unpaired) electrons. The maximum Gasteiger partial charge on any atom is 0.123 e. The van der Waals surface area contributed by atoms with E-state index < -0.39 is 0 Å². The average molecular weight is 226 g/mol. The molecule has 1 N–H and O–H groups in total. The SMILES string of the molecule is Oc1ccccc1-c1ccc2sccc2c1. The fourth-order valence-electron chi connectivity index (χ4n) is 1.85. The van der Waals surface area contributed by atoms with Crippen molar-refractivity contribution in [3.8, 4) is 16.9 Å². The second-order valence-electron chi connectivity index (χ2n) is 3.69. The first kappa shape index (κ1) is 9.43. The van der Waals surface area contributed by atoms with Crippen LogP contribution in [0.3, 0.4) is 0 Å². The number of thiophene rings is 1. The predicted molar refractivity (Wildman–Crippen MR) is 68.9 cm³/mol. The molecular weight excluding hydrogens is 216 g/mol. The first-order chi connectivity index (χ1) is 7.84. The van der Waals surface area contributed by atoms with Gasteiger partial charge in [-0.2, -0.15) is 0 Å². The van der Waals surface area contributed by atoms with Crippen molar-refractivity contribution in [2.45, 2.75) is 0 Å². The highest BCUT2D eigenvalue weighted by Crippen LogP contribution is 2.32. The number of hydrogen-bond donors (Lipinski definition) is 1. The highest BCUT2D eigenvalue weighted by atomic mass is 32.1. The Hall–Kier alpha value is -1.80. The van der Waals surface area contributed by atoms with Crippen LogP contribution in [0.2, 0.25) is 0 Å². The molecule has 0 aliphatic rings. The molecule has 0 atom stereocenters.